The summed E-state index contributed by atoms with van der Waals surface area (Å²) in [6.07, 6.45) is -2.77. The molecule has 2 N–H and O–H groups in total. The van der Waals surface area contributed by atoms with Crippen molar-refractivity contribution in [3.8, 4) is 0 Å². The summed E-state index contributed by atoms with van der Waals surface area (Å²) < 4.78 is 47.0. The number of alkyl halides is 2. The second-order valence-corrected chi connectivity index (χ2v) is 5.35. The normalized spacial score (nSPS) is 12.1. The summed E-state index contributed by atoms with van der Waals surface area (Å²) in [6, 6.07) is 0.865. The SMILES string of the molecule is Cc1nc(I)c(C(F)F)cc1S(N)(=O)=O. The smallest absolute Gasteiger partial charge is 0.245 e. The Balaban J connectivity index is 3.50. The van der Waals surface area contributed by atoms with E-state index in [-0.39, 0.29) is 14.3 Å². The van der Waals surface area contributed by atoms with Gasteiger partial charge in [-0.1, -0.05) is 0 Å². The van der Waals surface area contributed by atoms with E-state index < -0.39 is 22.0 Å². The Labute approximate surface area is 99.1 Å². The average molecular weight is 348 g/mol. The predicted octanol–water partition coefficient (Wildman–Crippen LogP) is 1.58. The van der Waals surface area contributed by atoms with Crippen LogP contribution < -0.4 is 5.14 Å². The highest BCUT2D eigenvalue weighted by molar-refractivity contribution is 14.1. The fourth-order valence-corrected chi connectivity index (χ4v) is 2.51. The Hall–Kier alpha value is -0.350. The van der Waals surface area contributed by atoms with Crippen LogP contribution in [-0.2, 0) is 10.0 Å². The van der Waals surface area contributed by atoms with Crippen molar-refractivity contribution in [2.75, 3.05) is 0 Å². The van der Waals surface area contributed by atoms with Gasteiger partial charge in [0.25, 0.3) is 6.43 Å². The van der Waals surface area contributed by atoms with E-state index in [4.69, 9.17) is 5.14 Å². The number of pyridine rings is 1. The van der Waals surface area contributed by atoms with Gasteiger partial charge in [0.15, 0.2) is 0 Å². The molecule has 0 aliphatic rings. The molecule has 4 nitrogen and oxygen atoms in total. The number of hydrogen-bond acceptors (Lipinski definition) is 3. The zero-order chi connectivity index (χ0) is 11.8. The van der Waals surface area contributed by atoms with E-state index in [1.165, 1.54) is 6.92 Å². The third-order valence-electron chi connectivity index (χ3n) is 1.69. The number of nitrogens with zero attached hydrogens (tertiary/aromatic N) is 1. The Bertz CT molecular complexity index is 490. The first-order valence-corrected chi connectivity index (χ1v) is 6.34. The number of sulfonamides is 1. The maximum atomic E-state index is 12.4. The van der Waals surface area contributed by atoms with Crippen LogP contribution in [0.3, 0.4) is 0 Å². The van der Waals surface area contributed by atoms with Gasteiger partial charge in [-0.15, -0.1) is 0 Å². The third-order valence-corrected chi connectivity index (χ3v) is 3.58. The van der Waals surface area contributed by atoms with E-state index in [0.717, 1.165) is 6.07 Å². The minimum atomic E-state index is -4.01. The van der Waals surface area contributed by atoms with Crippen molar-refractivity contribution in [2.24, 2.45) is 5.14 Å². The number of rotatable bonds is 2. The van der Waals surface area contributed by atoms with E-state index in [0.29, 0.717) is 0 Å². The maximum Gasteiger partial charge on any atom is 0.266 e. The van der Waals surface area contributed by atoms with Gasteiger partial charge in [0.2, 0.25) is 10.0 Å². The molecule has 0 amide bonds. The van der Waals surface area contributed by atoms with Crippen LogP contribution in [0.5, 0.6) is 0 Å². The molecule has 0 spiro atoms. The lowest BCUT2D eigenvalue weighted by Gasteiger charge is -2.07. The standard InChI is InChI=1S/C7H7F2IN2O2S/c1-3-5(15(11,13)14)2-4(6(8)9)7(10)12-3/h2,6H,1H3,(H2,11,13,14). The Morgan fingerprint density at radius 2 is 2.07 bits per heavy atom. The molecule has 0 radical (unpaired) electrons. The number of aryl methyl sites for hydroxylation is 1. The van der Waals surface area contributed by atoms with E-state index in [9.17, 15) is 17.2 Å². The zero-order valence-electron chi connectivity index (χ0n) is 7.54. The van der Waals surface area contributed by atoms with Crippen molar-refractivity contribution < 1.29 is 17.2 Å². The van der Waals surface area contributed by atoms with Crippen molar-refractivity contribution in [2.45, 2.75) is 18.2 Å². The quantitative estimate of drug-likeness (QED) is 0.652. The first kappa shape index (κ1) is 12.7. The lowest BCUT2D eigenvalue weighted by Crippen LogP contribution is -2.15. The molecule has 0 saturated heterocycles. The monoisotopic (exact) mass is 348 g/mol. The number of nitrogens with two attached hydrogens (primary N) is 1. The lowest BCUT2D eigenvalue weighted by atomic mass is 10.2. The van der Waals surface area contributed by atoms with Crippen molar-refractivity contribution in [1.29, 1.82) is 0 Å². The fourth-order valence-electron chi connectivity index (χ4n) is 1.01. The van der Waals surface area contributed by atoms with Gasteiger partial charge in [0, 0.05) is 0 Å². The average Bonchev–Trinajstić information content (AvgIpc) is 2.00. The Morgan fingerprint density at radius 1 is 1.53 bits per heavy atom. The van der Waals surface area contributed by atoms with E-state index in [2.05, 4.69) is 4.98 Å². The van der Waals surface area contributed by atoms with Crippen molar-refractivity contribution in [3.05, 3.63) is 21.0 Å². The molecule has 0 fully saturated rings. The molecule has 8 heteroatoms. The van der Waals surface area contributed by atoms with Gasteiger partial charge in [-0.05, 0) is 35.6 Å². The molecule has 1 aromatic rings. The van der Waals surface area contributed by atoms with Crippen LogP contribution in [0.4, 0.5) is 8.78 Å². The molecule has 0 saturated carbocycles. The first-order chi connectivity index (χ1) is 6.73. The van der Waals surface area contributed by atoms with E-state index in [1.807, 2.05) is 0 Å². The predicted molar refractivity (Wildman–Crippen MR) is 58.0 cm³/mol. The lowest BCUT2D eigenvalue weighted by molar-refractivity contribution is 0.149. The summed E-state index contributed by atoms with van der Waals surface area (Å²) in [6.45, 7) is 1.40. The fraction of sp³-hybridized carbons (Fsp3) is 0.286. The van der Waals surface area contributed by atoms with Crippen molar-refractivity contribution in [3.63, 3.8) is 0 Å². The summed E-state index contributed by atoms with van der Waals surface area (Å²) in [4.78, 5) is 3.35. The van der Waals surface area contributed by atoms with Gasteiger partial charge >= 0.3 is 0 Å². The topological polar surface area (TPSA) is 73.0 Å². The molecule has 0 aliphatic carbocycles. The van der Waals surface area contributed by atoms with Crippen LogP contribution in [0.25, 0.3) is 0 Å². The second kappa shape index (κ2) is 4.26. The zero-order valence-corrected chi connectivity index (χ0v) is 10.5. The molecule has 0 aliphatic heterocycles. The van der Waals surface area contributed by atoms with Crippen LogP contribution in [0.2, 0.25) is 0 Å². The summed E-state index contributed by atoms with van der Waals surface area (Å²) in [5.41, 5.74) is -0.309. The first-order valence-electron chi connectivity index (χ1n) is 3.71. The number of aromatic nitrogens is 1. The molecule has 84 valence electrons. The Morgan fingerprint density at radius 3 is 2.47 bits per heavy atom. The van der Waals surface area contributed by atoms with Gasteiger partial charge in [0.1, 0.15) is 8.60 Å². The molecular formula is C7H7F2IN2O2S. The van der Waals surface area contributed by atoms with Gasteiger partial charge < -0.3 is 0 Å². The highest BCUT2D eigenvalue weighted by atomic mass is 127. The molecule has 0 bridgehead atoms. The van der Waals surface area contributed by atoms with E-state index in [1.54, 1.807) is 22.6 Å². The van der Waals surface area contributed by atoms with Crippen LogP contribution in [0.15, 0.2) is 11.0 Å². The summed E-state index contributed by atoms with van der Waals surface area (Å²) >= 11 is 1.62. The van der Waals surface area contributed by atoms with Crippen LogP contribution in [0, 0.1) is 10.6 Å². The summed E-state index contributed by atoms with van der Waals surface area (Å²) in [5, 5.41) is 4.86. The summed E-state index contributed by atoms with van der Waals surface area (Å²) in [7, 11) is -4.01. The minimum absolute atomic E-state index is 0.0764. The highest BCUT2D eigenvalue weighted by Gasteiger charge is 2.20. The van der Waals surface area contributed by atoms with E-state index >= 15 is 0 Å². The third kappa shape index (κ3) is 2.82. The Kier molecular flexibility index (Phi) is 3.61. The molecule has 0 atom stereocenters. The molecule has 0 aromatic carbocycles. The van der Waals surface area contributed by atoms with Gasteiger partial charge in [-0.2, -0.15) is 0 Å². The van der Waals surface area contributed by atoms with Gasteiger partial charge in [-0.3, -0.25) is 0 Å². The van der Waals surface area contributed by atoms with Gasteiger partial charge in [-0.25, -0.2) is 27.3 Å². The maximum absolute atomic E-state index is 12.4. The minimum Gasteiger partial charge on any atom is -0.245 e. The van der Waals surface area contributed by atoms with Crippen LogP contribution in [-0.4, -0.2) is 13.4 Å². The number of hydrogen-bond donors (Lipinski definition) is 1. The number of halogens is 3. The van der Waals surface area contributed by atoms with Crippen LogP contribution in [0.1, 0.15) is 17.7 Å². The summed E-state index contributed by atoms with van der Waals surface area (Å²) in [5.74, 6) is 0. The van der Waals surface area contributed by atoms with Crippen LogP contribution >= 0.6 is 22.6 Å². The number of primary sulfonamides is 1. The van der Waals surface area contributed by atoms with Gasteiger partial charge in [0.05, 0.1) is 11.3 Å². The molecule has 1 rings (SSSR count). The highest BCUT2D eigenvalue weighted by Crippen LogP contribution is 2.26. The van der Waals surface area contributed by atoms with Crippen molar-refractivity contribution in [1.82, 2.24) is 4.98 Å². The molecular weight excluding hydrogens is 341 g/mol. The van der Waals surface area contributed by atoms with Crippen molar-refractivity contribution >= 4 is 32.6 Å². The largest absolute Gasteiger partial charge is 0.266 e. The molecule has 1 heterocycles. The molecule has 0 unspecified atom stereocenters. The molecule has 15 heavy (non-hydrogen) atoms. The molecule has 1 aromatic heterocycles. The second-order valence-electron chi connectivity index (χ2n) is 2.80.